The summed E-state index contributed by atoms with van der Waals surface area (Å²) < 4.78 is 10.4. The molecule has 0 bridgehead atoms. The number of carbonyl (C=O) groups is 1. The average Bonchev–Trinajstić information content (AvgIpc) is 3.57. The Hall–Kier alpha value is -3.11. The van der Waals surface area contributed by atoms with Gasteiger partial charge >= 0.3 is 5.97 Å². The second kappa shape index (κ2) is 7.49. The quantitative estimate of drug-likeness (QED) is 0.374. The molecule has 1 aliphatic rings. The molecule has 28 heavy (non-hydrogen) atoms. The van der Waals surface area contributed by atoms with Crippen molar-refractivity contribution >= 4 is 5.97 Å². The molecule has 1 fully saturated rings. The van der Waals surface area contributed by atoms with E-state index in [1.807, 2.05) is 48.5 Å². The zero-order chi connectivity index (χ0) is 19.6. The lowest BCUT2D eigenvalue weighted by molar-refractivity contribution is -0.141. The second-order valence-electron chi connectivity index (χ2n) is 6.86. The fourth-order valence-electron chi connectivity index (χ4n) is 4.04. The number of hydrogen-bond donors (Lipinski definition) is 0. The molecule has 0 radical (unpaired) electrons. The van der Waals surface area contributed by atoms with Crippen molar-refractivity contribution in [1.82, 2.24) is 4.90 Å². The molecule has 1 heterocycles. The van der Waals surface area contributed by atoms with E-state index < -0.39 is 5.54 Å². The Bertz CT molecular complexity index is 899. The molecule has 3 aromatic carbocycles. The van der Waals surface area contributed by atoms with Crippen LogP contribution in [0.4, 0.5) is 0 Å². The van der Waals surface area contributed by atoms with Crippen LogP contribution in [0.1, 0.15) is 16.7 Å². The summed E-state index contributed by atoms with van der Waals surface area (Å²) in [7, 11) is 3.10. The van der Waals surface area contributed by atoms with E-state index in [9.17, 15) is 4.79 Å². The van der Waals surface area contributed by atoms with Gasteiger partial charge in [0.05, 0.1) is 19.8 Å². The van der Waals surface area contributed by atoms with Crippen molar-refractivity contribution in [2.24, 2.45) is 0 Å². The number of benzene rings is 3. The molecule has 0 saturated carbocycles. The second-order valence-corrected chi connectivity index (χ2v) is 6.86. The van der Waals surface area contributed by atoms with Gasteiger partial charge in [0.1, 0.15) is 11.8 Å². The topological polar surface area (TPSA) is 38.5 Å². The monoisotopic (exact) mass is 373 g/mol. The van der Waals surface area contributed by atoms with Gasteiger partial charge in [-0.05, 0) is 28.8 Å². The summed E-state index contributed by atoms with van der Waals surface area (Å²) in [6.07, 6.45) is 0. The van der Waals surface area contributed by atoms with E-state index in [4.69, 9.17) is 9.47 Å². The number of rotatable bonds is 6. The number of hydrogen-bond acceptors (Lipinski definition) is 4. The van der Waals surface area contributed by atoms with Crippen LogP contribution in [0.15, 0.2) is 84.9 Å². The van der Waals surface area contributed by atoms with Crippen LogP contribution < -0.4 is 4.74 Å². The van der Waals surface area contributed by atoms with Gasteiger partial charge in [0.15, 0.2) is 0 Å². The molecule has 1 unspecified atom stereocenters. The maximum absolute atomic E-state index is 12.3. The van der Waals surface area contributed by atoms with Crippen LogP contribution in [0.25, 0.3) is 0 Å². The Morgan fingerprint density at radius 1 is 0.821 bits per heavy atom. The largest absolute Gasteiger partial charge is 0.497 e. The lowest BCUT2D eigenvalue weighted by Crippen LogP contribution is -2.40. The van der Waals surface area contributed by atoms with E-state index in [1.54, 1.807) is 7.11 Å². The van der Waals surface area contributed by atoms with Crippen molar-refractivity contribution in [3.8, 4) is 5.75 Å². The van der Waals surface area contributed by atoms with Gasteiger partial charge < -0.3 is 9.47 Å². The van der Waals surface area contributed by atoms with Gasteiger partial charge in [-0.3, -0.25) is 9.69 Å². The maximum atomic E-state index is 12.3. The van der Waals surface area contributed by atoms with Crippen LogP contribution in [0, 0.1) is 0 Å². The highest BCUT2D eigenvalue weighted by Crippen LogP contribution is 2.48. The summed E-state index contributed by atoms with van der Waals surface area (Å²) in [6.45, 7) is 0.641. The van der Waals surface area contributed by atoms with Gasteiger partial charge in [-0.15, -0.1) is 0 Å². The molecule has 1 aliphatic heterocycles. The standard InChI is InChI=1S/C24H23NO3/c1-27-21-15-13-20(14-16-21)24(18-9-5-3-6-10-18,19-11-7-4-8-12-19)25-17-22(25)23(26)28-2/h3-16,22H,17H2,1-2H3/t22-,25?/m0/s1. The molecular weight excluding hydrogens is 350 g/mol. The first-order valence-corrected chi connectivity index (χ1v) is 9.32. The highest BCUT2D eigenvalue weighted by atomic mass is 16.5. The summed E-state index contributed by atoms with van der Waals surface area (Å²) in [5, 5.41) is 0. The third-order valence-electron chi connectivity index (χ3n) is 5.41. The van der Waals surface area contributed by atoms with Crippen molar-refractivity contribution in [2.45, 2.75) is 11.6 Å². The number of nitrogens with zero attached hydrogens (tertiary/aromatic N) is 1. The molecule has 0 aromatic heterocycles. The van der Waals surface area contributed by atoms with Crippen molar-refractivity contribution in [1.29, 1.82) is 0 Å². The van der Waals surface area contributed by atoms with Crippen LogP contribution in [0.2, 0.25) is 0 Å². The zero-order valence-corrected chi connectivity index (χ0v) is 16.0. The van der Waals surface area contributed by atoms with Crippen LogP contribution >= 0.6 is 0 Å². The molecule has 142 valence electrons. The number of methoxy groups -OCH3 is 2. The van der Waals surface area contributed by atoms with E-state index in [-0.39, 0.29) is 12.0 Å². The summed E-state index contributed by atoms with van der Waals surface area (Å²) in [6, 6.07) is 28.4. The Morgan fingerprint density at radius 3 is 1.79 bits per heavy atom. The number of esters is 1. The summed E-state index contributed by atoms with van der Waals surface area (Å²) in [5.41, 5.74) is 2.71. The first-order valence-electron chi connectivity index (χ1n) is 9.32. The van der Waals surface area contributed by atoms with Crippen molar-refractivity contribution in [3.05, 3.63) is 102 Å². The molecule has 4 nitrogen and oxygen atoms in total. The summed E-state index contributed by atoms with van der Waals surface area (Å²) in [4.78, 5) is 14.5. The SMILES string of the molecule is COC(=O)[C@@H]1CN1C(c1ccccc1)(c1ccccc1)c1ccc(OC)cc1. The summed E-state index contributed by atoms with van der Waals surface area (Å²) in [5.74, 6) is 0.596. The van der Waals surface area contributed by atoms with Gasteiger partial charge in [-0.1, -0.05) is 72.8 Å². The van der Waals surface area contributed by atoms with Gasteiger partial charge in [0, 0.05) is 6.54 Å². The van der Waals surface area contributed by atoms with Crippen LogP contribution in [-0.4, -0.2) is 37.7 Å². The molecule has 0 aliphatic carbocycles. The Labute approximate surface area is 165 Å². The van der Waals surface area contributed by atoms with Crippen LogP contribution in [-0.2, 0) is 15.1 Å². The van der Waals surface area contributed by atoms with E-state index in [0.29, 0.717) is 6.54 Å². The first kappa shape index (κ1) is 18.3. The van der Waals surface area contributed by atoms with E-state index in [2.05, 4.69) is 41.3 Å². The molecule has 0 N–H and O–H groups in total. The minimum Gasteiger partial charge on any atom is -0.497 e. The van der Waals surface area contributed by atoms with Crippen LogP contribution in [0.3, 0.4) is 0 Å². The fraction of sp³-hybridized carbons (Fsp3) is 0.208. The highest BCUT2D eigenvalue weighted by molar-refractivity contribution is 5.80. The lowest BCUT2D eigenvalue weighted by Gasteiger charge is -2.38. The van der Waals surface area contributed by atoms with Crippen molar-refractivity contribution < 1.29 is 14.3 Å². The predicted octanol–water partition coefficient (Wildman–Crippen LogP) is 3.84. The normalized spacial score (nSPS) is 18.4. The number of carbonyl (C=O) groups excluding carboxylic acids is 1. The molecule has 3 aromatic rings. The highest BCUT2D eigenvalue weighted by Gasteiger charge is 2.56. The molecule has 1 saturated heterocycles. The smallest absolute Gasteiger partial charge is 0.324 e. The molecular formula is C24H23NO3. The summed E-state index contributed by atoms with van der Waals surface area (Å²) >= 11 is 0. The molecule has 4 rings (SSSR count). The Morgan fingerprint density at radius 2 is 1.32 bits per heavy atom. The molecule has 4 heteroatoms. The van der Waals surface area contributed by atoms with Gasteiger partial charge in [-0.25, -0.2) is 0 Å². The van der Waals surface area contributed by atoms with E-state index in [0.717, 1.165) is 22.4 Å². The van der Waals surface area contributed by atoms with Crippen LogP contribution in [0.5, 0.6) is 5.75 Å². The molecule has 0 spiro atoms. The van der Waals surface area contributed by atoms with Gasteiger partial charge in [-0.2, -0.15) is 0 Å². The third-order valence-corrected chi connectivity index (χ3v) is 5.41. The fourth-order valence-corrected chi connectivity index (χ4v) is 4.04. The van der Waals surface area contributed by atoms with Crippen molar-refractivity contribution in [2.75, 3.05) is 20.8 Å². The van der Waals surface area contributed by atoms with Gasteiger partial charge in [0.25, 0.3) is 0 Å². The Kier molecular flexibility index (Phi) is 4.88. The molecule has 2 atom stereocenters. The minimum atomic E-state index is -0.590. The Balaban J connectivity index is 1.96. The first-order chi connectivity index (χ1) is 13.7. The van der Waals surface area contributed by atoms with E-state index in [1.165, 1.54) is 7.11 Å². The predicted molar refractivity (Wildman–Crippen MR) is 108 cm³/mol. The van der Waals surface area contributed by atoms with Gasteiger partial charge in [0.2, 0.25) is 0 Å². The minimum absolute atomic E-state index is 0.204. The number of ether oxygens (including phenoxy) is 2. The third kappa shape index (κ3) is 2.96. The molecule has 0 amide bonds. The van der Waals surface area contributed by atoms with Crippen molar-refractivity contribution in [3.63, 3.8) is 0 Å². The maximum Gasteiger partial charge on any atom is 0.324 e. The zero-order valence-electron chi connectivity index (χ0n) is 16.0. The van der Waals surface area contributed by atoms with E-state index >= 15 is 0 Å². The lowest BCUT2D eigenvalue weighted by atomic mass is 9.76. The average molecular weight is 373 g/mol.